The van der Waals surface area contributed by atoms with Crippen LogP contribution in [0.15, 0.2) is 23.2 Å². The number of sulfone groups is 1. The highest BCUT2D eigenvalue weighted by atomic mass is 35.5. The van der Waals surface area contributed by atoms with Crippen molar-refractivity contribution in [3.05, 3.63) is 29.0 Å². The van der Waals surface area contributed by atoms with Crippen LogP contribution < -0.4 is 4.90 Å². The standard InChI is InChI=1S/C16H16ClFN2O5S2/c17-10-6-9(4-5-11(10)18)20-12-7-27(24,25)8-13(12)26-16(20)19-14(21)2-1-3-15(22)23/h4-6,12-13H,1-3,7-8H2,(H,22,23)/t12-,13-/m0/s1. The van der Waals surface area contributed by atoms with Crippen molar-refractivity contribution in [1.29, 1.82) is 0 Å². The number of amides is 1. The summed E-state index contributed by atoms with van der Waals surface area (Å²) >= 11 is 7.04. The normalized spacial score (nSPS) is 25.0. The molecular formula is C16H16ClFN2O5S2. The van der Waals surface area contributed by atoms with Crippen molar-refractivity contribution < 1.29 is 27.5 Å². The maximum atomic E-state index is 13.5. The summed E-state index contributed by atoms with van der Waals surface area (Å²) < 4.78 is 37.5. The van der Waals surface area contributed by atoms with E-state index >= 15 is 0 Å². The van der Waals surface area contributed by atoms with Gasteiger partial charge >= 0.3 is 5.97 Å². The first-order valence-corrected chi connectivity index (χ1v) is 11.2. The minimum absolute atomic E-state index is 0.0258. The molecule has 7 nitrogen and oxygen atoms in total. The van der Waals surface area contributed by atoms with Gasteiger partial charge in [0.05, 0.1) is 22.6 Å². The zero-order chi connectivity index (χ0) is 19.8. The van der Waals surface area contributed by atoms with Gasteiger partial charge in [-0.2, -0.15) is 4.99 Å². The van der Waals surface area contributed by atoms with Crippen LogP contribution in [0.3, 0.4) is 0 Å². The van der Waals surface area contributed by atoms with E-state index in [1.165, 1.54) is 30.0 Å². The minimum atomic E-state index is -3.22. The van der Waals surface area contributed by atoms with Gasteiger partial charge in [-0.1, -0.05) is 23.4 Å². The Hall–Kier alpha value is -1.65. The van der Waals surface area contributed by atoms with Crippen molar-refractivity contribution >= 4 is 55.9 Å². The molecule has 0 aliphatic carbocycles. The molecule has 2 fully saturated rings. The van der Waals surface area contributed by atoms with Crippen LogP contribution in [0.1, 0.15) is 19.3 Å². The Balaban J connectivity index is 1.88. The first kappa shape index (κ1) is 20.1. The largest absolute Gasteiger partial charge is 0.481 e. The number of halogens is 2. The molecule has 0 unspecified atom stereocenters. The number of rotatable bonds is 5. The third kappa shape index (κ3) is 4.61. The third-order valence-corrected chi connectivity index (χ3v) is 7.75. The van der Waals surface area contributed by atoms with Crippen LogP contribution in [0, 0.1) is 5.82 Å². The van der Waals surface area contributed by atoms with E-state index in [0.717, 1.165) is 0 Å². The van der Waals surface area contributed by atoms with Crippen molar-refractivity contribution in [3.63, 3.8) is 0 Å². The fraction of sp³-hybridized carbons (Fsp3) is 0.438. The van der Waals surface area contributed by atoms with Crippen molar-refractivity contribution in [3.8, 4) is 0 Å². The Morgan fingerprint density at radius 1 is 1.33 bits per heavy atom. The summed E-state index contributed by atoms with van der Waals surface area (Å²) in [5.74, 6) is -2.20. The van der Waals surface area contributed by atoms with Crippen LogP contribution in [0.25, 0.3) is 0 Å². The van der Waals surface area contributed by atoms with Crippen LogP contribution in [-0.4, -0.2) is 53.4 Å². The lowest BCUT2D eigenvalue weighted by atomic mass is 10.2. The average molecular weight is 435 g/mol. The van der Waals surface area contributed by atoms with E-state index in [1.54, 1.807) is 4.90 Å². The number of carboxylic acid groups (broad SMARTS) is 1. The molecule has 0 saturated carbocycles. The lowest BCUT2D eigenvalue weighted by Gasteiger charge is -2.24. The summed E-state index contributed by atoms with van der Waals surface area (Å²) in [6.45, 7) is 0. The average Bonchev–Trinajstić information content (AvgIpc) is 3.00. The van der Waals surface area contributed by atoms with Crippen molar-refractivity contribution in [2.24, 2.45) is 4.99 Å². The van der Waals surface area contributed by atoms with Gasteiger partial charge in [0.15, 0.2) is 15.0 Å². The van der Waals surface area contributed by atoms with Crippen molar-refractivity contribution in [2.75, 3.05) is 16.4 Å². The summed E-state index contributed by atoms with van der Waals surface area (Å²) in [6.07, 6.45) is 0.00570. The Morgan fingerprint density at radius 2 is 2.07 bits per heavy atom. The quantitative estimate of drug-likeness (QED) is 0.758. The predicted molar refractivity (Wildman–Crippen MR) is 102 cm³/mol. The van der Waals surface area contributed by atoms with Crippen LogP contribution in [0.5, 0.6) is 0 Å². The van der Waals surface area contributed by atoms with E-state index in [2.05, 4.69) is 4.99 Å². The summed E-state index contributed by atoms with van der Waals surface area (Å²) in [6, 6.07) is 3.58. The molecule has 146 valence electrons. The Morgan fingerprint density at radius 3 is 2.74 bits per heavy atom. The molecule has 11 heteroatoms. The Bertz CT molecular complexity index is 921. The zero-order valence-corrected chi connectivity index (χ0v) is 16.4. The monoisotopic (exact) mass is 434 g/mol. The Kier molecular flexibility index (Phi) is 5.78. The smallest absolute Gasteiger partial charge is 0.303 e. The second kappa shape index (κ2) is 7.76. The molecular weight excluding hydrogens is 419 g/mol. The fourth-order valence-corrected chi connectivity index (χ4v) is 7.16. The molecule has 0 spiro atoms. The molecule has 2 saturated heterocycles. The maximum absolute atomic E-state index is 13.5. The SMILES string of the molecule is O=C(O)CCCC(=O)N=C1S[C@H]2CS(=O)(=O)C[C@@H]2N1c1ccc(F)c(Cl)c1. The van der Waals surface area contributed by atoms with E-state index in [0.29, 0.717) is 10.9 Å². The van der Waals surface area contributed by atoms with Crippen LogP contribution in [0.4, 0.5) is 10.1 Å². The highest BCUT2D eigenvalue weighted by Crippen LogP contribution is 2.41. The van der Waals surface area contributed by atoms with Crippen LogP contribution >= 0.6 is 23.4 Å². The van der Waals surface area contributed by atoms with Gasteiger partial charge in [-0.25, -0.2) is 12.8 Å². The van der Waals surface area contributed by atoms with Gasteiger partial charge in [-0.05, 0) is 24.6 Å². The van der Waals surface area contributed by atoms with Gasteiger partial charge in [0.25, 0.3) is 0 Å². The second-order valence-corrected chi connectivity index (χ2v) is 10.1. The van der Waals surface area contributed by atoms with Crippen molar-refractivity contribution in [1.82, 2.24) is 0 Å². The first-order chi connectivity index (χ1) is 12.7. The number of fused-ring (bicyclic) bond motifs is 1. The number of carbonyl (C=O) groups is 2. The fourth-order valence-electron chi connectivity index (χ4n) is 3.05. The van der Waals surface area contributed by atoms with E-state index in [1.807, 2.05) is 0 Å². The molecule has 2 heterocycles. The van der Waals surface area contributed by atoms with Gasteiger partial charge in [-0.3, -0.25) is 9.59 Å². The van der Waals surface area contributed by atoms with Crippen LogP contribution in [0.2, 0.25) is 5.02 Å². The molecule has 1 aromatic rings. The van der Waals surface area contributed by atoms with Gasteiger partial charge in [0, 0.05) is 23.8 Å². The molecule has 0 bridgehead atoms. The van der Waals surface area contributed by atoms with E-state index < -0.39 is 33.6 Å². The molecule has 1 N–H and O–H groups in total. The number of amidine groups is 1. The number of aliphatic carboxylic acids is 1. The number of anilines is 1. The van der Waals surface area contributed by atoms with Gasteiger partial charge < -0.3 is 10.0 Å². The molecule has 27 heavy (non-hydrogen) atoms. The minimum Gasteiger partial charge on any atom is -0.481 e. The predicted octanol–water partition coefficient (Wildman–Crippen LogP) is 2.34. The highest BCUT2D eigenvalue weighted by Gasteiger charge is 2.49. The van der Waals surface area contributed by atoms with E-state index in [-0.39, 0.29) is 41.0 Å². The number of thioether (sulfide) groups is 1. The number of nitrogens with zero attached hydrogens (tertiary/aromatic N) is 2. The van der Waals surface area contributed by atoms with Gasteiger partial charge in [-0.15, -0.1) is 0 Å². The maximum Gasteiger partial charge on any atom is 0.303 e. The Labute approximate surface area is 164 Å². The molecule has 0 aromatic heterocycles. The van der Waals surface area contributed by atoms with Gasteiger partial charge in [0.2, 0.25) is 5.91 Å². The number of hydrogen-bond acceptors (Lipinski definition) is 5. The first-order valence-electron chi connectivity index (χ1n) is 8.11. The molecule has 0 radical (unpaired) electrons. The summed E-state index contributed by atoms with van der Waals surface area (Å²) in [5, 5.41) is 8.57. The van der Waals surface area contributed by atoms with E-state index in [4.69, 9.17) is 16.7 Å². The summed E-state index contributed by atoms with van der Waals surface area (Å²) in [4.78, 5) is 28.3. The lowest BCUT2D eigenvalue weighted by molar-refractivity contribution is -0.137. The highest BCUT2D eigenvalue weighted by molar-refractivity contribution is 8.16. The number of benzene rings is 1. The molecule has 2 aliphatic heterocycles. The van der Waals surface area contributed by atoms with Crippen LogP contribution in [-0.2, 0) is 19.4 Å². The molecule has 1 amide bonds. The molecule has 2 aliphatic rings. The summed E-state index contributed by atoms with van der Waals surface area (Å²) in [5.41, 5.74) is 0.454. The molecule has 2 atom stereocenters. The second-order valence-electron chi connectivity index (χ2n) is 6.30. The zero-order valence-electron chi connectivity index (χ0n) is 14.0. The number of carbonyl (C=O) groups excluding carboxylic acids is 1. The third-order valence-electron chi connectivity index (χ3n) is 4.25. The van der Waals surface area contributed by atoms with Gasteiger partial charge in [0.1, 0.15) is 5.82 Å². The molecule has 1 aromatic carbocycles. The number of carboxylic acids is 1. The van der Waals surface area contributed by atoms with E-state index in [9.17, 15) is 22.4 Å². The summed E-state index contributed by atoms with van der Waals surface area (Å²) in [7, 11) is -3.22. The number of aliphatic imine (C=N–C) groups is 1. The molecule has 3 rings (SSSR count). The number of hydrogen-bond donors (Lipinski definition) is 1. The lowest BCUT2D eigenvalue weighted by Crippen LogP contribution is -2.37. The van der Waals surface area contributed by atoms with Crippen molar-refractivity contribution in [2.45, 2.75) is 30.6 Å². The topological polar surface area (TPSA) is 104 Å².